The first-order valence-corrected chi connectivity index (χ1v) is 12.5. The molecule has 1 saturated carbocycles. The highest BCUT2D eigenvalue weighted by atomic mass is 19.4. The fourth-order valence-electron chi connectivity index (χ4n) is 3.81. The standard InChI is InChI=1S/C19H22FN3O2.3C2HF3O2/c1-13-4-2-5-14(22-13)12-23-10-11-24-18-16(23)7-8-17(18)25-19-15(20)6-3-9-21-19;3*3-2(4,5)1(6)7/h2-6,9,16-18H,7-8,10-12H2,1H3;3*(H,6,7)/t16-,17-,18+;;;/m0.../s1. The van der Waals surface area contributed by atoms with Crippen molar-refractivity contribution in [2.24, 2.45) is 0 Å². The van der Waals surface area contributed by atoms with Crippen LogP contribution in [0.3, 0.4) is 0 Å². The van der Waals surface area contributed by atoms with Crippen molar-refractivity contribution in [1.82, 2.24) is 14.9 Å². The van der Waals surface area contributed by atoms with Crippen LogP contribution in [0, 0.1) is 12.7 Å². The van der Waals surface area contributed by atoms with Crippen LogP contribution >= 0.6 is 0 Å². The Balaban J connectivity index is 0.000000413. The predicted molar refractivity (Wildman–Crippen MR) is 132 cm³/mol. The number of ether oxygens (including phenoxy) is 2. The molecule has 4 rings (SSSR count). The summed E-state index contributed by atoms with van der Waals surface area (Å²) in [6, 6.07) is 9.31. The maximum atomic E-state index is 13.8. The molecule has 2 fully saturated rings. The summed E-state index contributed by atoms with van der Waals surface area (Å²) in [6.07, 6.45) is -12.1. The zero-order valence-corrected chi connectivity index (χ0v) is 23.2. The topological polar surface area (TPSA) is 159 Å². The molecule has 1 aliphatic heterocycles. The molecule has 3 heterocycles. The molecule has 21 heteroatoms. The molecule has 2 aliphatic rings. The molecule has 1 aliphatic carbocycles. The summed E-state index contributed by atoms with van der Waals surface area (Å²) in [5, 5.41) is 21.4. The van der Waals surface area contributed by atoms with Gasteiger partial charge in [0.1, 0.15) is 12.2 Å². The molecule has 3 N–H and O–H groups in total. The van der Waals surface area contributed by atoms with Crippen LogP contribution < -0.4 is 4.74 Å². The van der Waals surface area contributed by atoms with Gasteiger partial charge in [-0.1, -0.05) is 6.07 Å². The fourth-order valence-corrected chi connectivity index (χ4v) is 3.81. The van der Waals surface area contributed by atoms with Crippen LogP contribution in [0.1, 0.15) is 24.2 Å². The second kappa shape index (κ2) is 16.9. The average Bonchev–Trinajstić information content (AvgIpc) is 3.33. The lowest BCUT2D eigenvalue weighted by Crippen LogP contribution is -2.51. The second-order valence-corrected chi connectivity index (χ2v) is 9.08. The molecule has 258 valence electrons. The SMILES string of the molecule is Cc1cccc(CN2CCO[C@H]3[C@@H](Oc4ncccc4F)CC[C@@H]32)n1.O=C(O)C(F)(F)F.O=C(O)C(F)(F)F.O=C(O)C(F)(F)F. The summed E-state index contributed by atoms with van der Waals surface area (Å²) in [5.41, 5.74) is 2.10. The van der Waals surface area contributed by atoms with Crippen molar-refractivity contribution in [3.63, 3.8) is 0 Å². The van der Waals surface area contributed by atoms with E-state index in [0.29, 0.717) is 6.61 Å². The molecule has 0 aromatic carbocycles. The molecule has 0 bridgehead atoms. The summed E-state index contributed by atoms with van der Waals surface area (Å²) in [5.74, 6) is -8.63. The zero-order chi connectivity index (χ0) is 35.5. The van der Waals surface area contributed by atoms with Crippen LogP contribution in [-0.4, -0.2) is 98.0 Å². The molecule has 2 aromatic rings. The molecular weight excluding hydrogens is 660 g/mol. The number of pyridine rings is 2. The number of aliphatic carboxylic acids is 3. The molecule has 46 heavy (non-hydrogen) atoms. The van der Waals surface area contributed by atoms with E-state index in [1.54, 1.807) is 12.3 Å². The maximum Gasteiger partial charge on any atom is 0.490 e. The number of rotatable bonds is 4. The van der Waals surface area contributed by atoms with Crippen molar-refractivity contribution in [2.75, 3.05) is 13.2 Å². The van der Waals surface area contributed by atoms with E-state index in [-0.39, 0.29) is 24.1 Å². The van der Waals surface area contributed by atoms with Gasteiger partial charge in [0.05, 0.1) is 12.3 Å². The van der Waals surface area contributed by atoms with Gasteiger partial charge in [-0.3, -0.25) is 9.88 Å². The number of fused-ring (bicyclic) bond motifs is 1. The van der Waals surface area contributed by atoms with E-state index < -0.39 is 42.3 Å². The molecule has 0 amide bonds. The minimum Gasteiger partial charge on any atom is -0.475 e. The number of nitrogens with zero attached hydrogens (tertiary/aromatic N) is 3. The lowest BCUT2D eigenvalue weighted by molar-refractivity contribution is -0.193. The third kappa shape index (κ3) is 13.8. The van der Waals surface area contributed by atoms with Gasteiger partial charge in [-0.15, -0.1) is 0 Å². The predicted octanol–water partition coefficient (Wildman–Crippen LogP) is 4.63. The summed E-state index contributed by atoms with van der Waals surface area (Å²) < 4.78 is 121. The number of morpholine rings is 1. The van der Waals surface area contributed by atoms with E-state index in [1.807, 2.05) is 19.1 Å². The molecule has 0 unspecified atom stereocenters. The van der Waals surface area contributed by atoms with Crippen LogP contribution in [0.5, 0.6) is 5.88 Å². The molecule has 11 nitrogen and oxygen atoms in total. The third-order valence-corrected chi connectivity index (χ3v) is 5.68. The number of hydrogen-bond donors (Lipinski definition) is 3. The fraction of sp³-hybridized carbons (Fsp3) is 0.480. The molecule has 2 aromatic heterocycles. The Morgan fingerprint density at radius 1 is 0.891 bits per heavy atom. The molecule has 0 radical (unpaired) electrons. The molecule has 1 saturated heterocycles. The van der Waals surface area contributed by atoms with Crippen LogP contribution in [0.4, 0.5) is 43.9 Å². The Labute approximate surface area is 252 Å². The highest BCUT2D eigenvalue weighted by molar-refractivity contribution is 5.73. The van der Waals surface area contributed by atoms with E-state index in [4.69, 9.17) is 39.2 Å². The van der Waals surface area contributed by atoms with Crippen LogP contribution in [-0.2, 0) is 25.7 Å². The number of aromatic nitrogens is 2. The highest BCUT2D eigenvalue weighted by Gasteiger charge is 2.44. The number of carboxylic acid groups (broad SMARTS) is 3. The minimum absolute atomic E-state index is 0.0556. The van der Waals surface area contributed by atoms with Gasteiger partial charge >= 0.3 is 36.4 Å². The van der Waals surface area contributed by atoms with E-state index in [1.165, 1.54) is 6.07 Å². The van der Waals surface area contributed by atoms with Gasteiger partial charge < -0.3 is 24.8 Å². The Hall–Kier alpha value is -4.27. The number of aryl methyl sites for hydroxylation is 1. The molecule has 0 spiro atoms. The number of carboxylic acids is 3. The number of alkyl halides is 9. The van der Waals surface area contributed by atoms with Crippen molar-refractivity contribution >= 4 is 17.9 Å². The van der Waals surface area contributed by atoms with Crippen LogP contribution in [0.2, 0.25) is 0 Å². The van der Waals surface area contributed by atoms with Gasteiger partial charge in [-0.25, -0.2) is 23.8 Å². The molecular formula is C25H25F10N3O8. The lowest BCUT2D eigenvalue weighted by atomic mass is 10.1. The van der Waals surface area contributed by atoms with E-state index in [0.717, 1.165) is 37.3 Å². The van der Waals surface area contributed by atoms with Gasteiger partial charge in [0.2, 0.25) is 0 Å². The van der Waals surface area contributed by atoms with Crippen molar-refractivity contribution in [1.29, 1.82) is 0 Å². The Kier molecular flexibility index (Phi) is 14.6. The zero-order valence-electron chi connectivity index (χ0n) is 23.2. The van der Waals surface area contributed by atoms with Crippen molar-refractivity contribution in [3.8, 4) is 5.88 Å². The first kappa shape index (κ1) is 39.8. The normalized spacial score (nSPS) is 19.5. The minimum atomic E-state index is -5.08. The Bertz CT molecular complexity index is 1250. The highest BCUT2D eigenvalue weighted by Crippen LogP contribution is 2.33. The first-order chi connectivity index (χ1) is 21.0. The van der Waals surface area contributed by atoms with Crippen molar-refractivity contribution in [2.45, 2.75) is 63.1 Å². The van der Waals surface area contributed by atoms with E-state index in [2.05, 4.69) is 20.9 Å². The summed E-state index contributed by atoms with van der Waals surface area (Å²) in [6.45, 7) is 4.34. The van der Waals surface area contributed by atoms with Gasteiger partial charge in [0.25, 0.3) is 5.88 Å². The van der Waals surface area contributed by atoms with Crippen LogP contribution in [0.25, 0.3) is 0 Å². The van der Waals surface area contributed by atoms with Gasteiger partial charge in [-0.2, -0.15) is 39.5 Å². The summed E-state index contributed by atoms with van der Waals surface area (Å²) in [4.78, 5) is 37.7. The second-order valence-electron chi connectivity index (χ2n) is 9.08. The number of halogens is 10. The van der Waals surface area contributed by atoms with Gasteiger partial charge in [-0.05, 0) is 44.0 Å². The summed E-state index contributed by atoms with van der Waals surface area (Å²) in [7, 11) is 0. The van der Waals surface area contributed by atoms with Crippen molar-refractivity contribution < 1.29 is 83.1 Å². The maximum absolute atomic E-state index is 13.8. The molecule has 3 atom stereocenters. The Morgan fingerprint density at radius 3 is 1.87 bits per heavy atom. The first-order valence-electron chi connectivity index (χ1n) is 12.5. The average molecular weight is 685 g/mol. The largest absolute Gasteiger partial charge is 0.490 e. The van der Waals surface area contributed by atoms with Crippen LogP contribution in [0.15, 0.2) is 36.5 Å². The lowest BCUT2D eigenvalue weighted by Gasteiger charge is -2.38. The smallest absolute Gasteiger partial charge is 0.475 e. The third-order valence-electron chi connectivity index (χ3n) is 5.68. The Morgan fingerprint density at radius 2 is 1.41 bits per heavy atom. The van der Waals surface area contributed by atoms with E-state index >= 15 is 0 Å². The van der Waals surface area contributed by atoms with E-state index in [9.17, 15) is 43.9 Å². The summed E-state index contributed by atoms with van der Waals surface area (Å²) >= 11 is 0. The number of hydrogen-bond acceptors (Lipinski definition) is 8. The number of carbonyl (C=O) groups is 3. The van der Waals surface area contributed by atoms with Crippen molar-refractivity contribution in [3.05, 3.63) is 53.7 Å². The quantitative estimate of drug-likeness (QED) is 0.385. The monoisotopic (exact) mass is 685 g/mol. The van der Waals surface area contributed by atoms with Gasteiger partial charge in [0, 0.05) is 31.0 Å². The van der Waals surface area contributed by atoms with Gasteiger partial charge in [0.15, 0.2) is 5.82 Å².